The maximum absolute atomic E-state index is 13.8. The number of aryl methyl sites for hydroxylation is 1. The molecular weight excluding hydrogens is 681 g/mol. The standard InChI is InChI=1S/C39H50N5O7P/c1-27(2)24-33(37(47)42-32-18-11-6-12-19-32)43-36(46)31(22-21-29-14-7-4-8-15-29)25-52(50,51)26-40-35(45)28(3)41-38(48)34-20-13-23-44(34)39(49)30-16-9-5-10-17-30/h4-12,14-19,27-28,31,33-34H,13,20-26H2,1-3H3,(H,40,45)(H,41,48)(H,42,47)(H,43,46)(H,50,51)/t28-,31?,33-,34?/m0/s1. The Kier molecular flexibility index (Phi) is 14.7. The van der Waals surface area contributed by atoms with Crippen molar-refractivity contribution in [1.29, 1.82) is 0 Å². The van der Waals surface area contributed by atoms with E-state index in [1.54, 1.807) is 54.6 Å². The van der Waals surface area contributed by atoms with Gasteiger partial charge in [0.05, 0.1) is 6.29 Å². The van der Waals surface area contributed by atoms with E-state index in [1.807, 2.05) is 50.2 Å². The van der Waals surface area contributed by atoms with Crippen molar-refractivity contribution >= 4 is 42.6 Å². The number of nitrogens with one attached hydrogen (secondary N) is 4. The third-order valence-electron chi connectivity index (χ3n) is 8.97. The van der Waals surface area contributed by atoms with Crippen molar-refractivity contribution in [3.05, 3.63) is 102 Å². The molecule has 12 nitrogen and oxygen atoms in total. The summed E-state index contributed by atoms with van der Waals surface area (Å²) in [6.45, 7) is 5.74. The molecule has 1 saturated heterocycles. The molecule has 5 atom stereocenters. The lowest BCUT2D eigenvalue weighted by molar-refractivity contribution is -0.130. The molecule has 3 aromatic rings. The molecule has 278 valence electrons. The van der Waals surface area contributed by atoms with Gasteiger partial charge in [-0.05, 0) is 74.8 Å². The van der Waals surface area contributed by atoms with E-state index < -0.39 is 67.5 Å². The molecule has 0 aromatic heterocycles. The zero-order valence-electron chi connectivity index (χ0n) is 30.0. The number of amides is 5. The quantitative estimate of drug-likeness (QED) is 0.127. The number of likely N-dealkylation sites (tertiary alicyclic amines) is 1. The lowest BCUT2D eigenvalue weighted by Crippen LogP contribution is -2.52. The molecule has 1 aliphatic rings. The van der Waals surface area contributed by atoms with E-state index in [2.05, 4.69) is 21.3 Å². The summed E-state index contributed by atoms with van der Waals surface area (Å²) in [6.07, 6.45) is 1.07. The highest BCUT2D eigenvalue weighted by Gasteiger charge is 2.36. The van der Waals surface area contributed by atoms with Crippen LogP contribution in [0.25, 0.3) is 0 Å². The molecular formula is C39H50N5O7P. The van der Waals surface area contributed by atoms with Crippen LogP contribution in [0.1, 0.15) is 62.4 Å². The van der Waals surface area contributed by atoms with Crippen LogP contribution in [0, 0.1) is 11.8 Å². The summed E-state index contributed by atoms with van der Waals surface area (Å²) in [5.74, 6) is -3.23. The summed E-state index contributed by atoms with van der Waals surface area (Å²) in [5.41, 5.74) is 1.99. The Morgan fingerprint density at radius 3 is 2.08 bits per heavy atom. The monoisotopic (exact) mass is 731 g/mol. The average molecular weight is 732 g/mol. The van der Waals surface area contributed by atoms with E-state index in [0.717, 1.165) is 5.56 Å². The van der Waals surface area contributed by atoms with E-state index in [0.29, 0.717) is 43.5 Å². The first-order valence-electron chi connectivity index (χ1n) is 17.8. The summed E-state index contributed by atoms with van der Waals surface area (Å²) in [7, 11) is -4.14. The molecule has 0 bridgehead atoms. The van der Waals surface area contributed by atoms with Gasteiger partial charge < -0.3 is 31.1 Å². The maximum Gasteiger partial charge on any atom is 0.254 e. The molecule has 4 rings (SSSR count). The molecule has 3 unspecified atom stereocenters. The Hall–Kier alpha value is -4.80. The van der Waals surface area contributed by atoms with Crippen LogP contribution in [0.2, 0.25) is 0 Å². The van der Waals surface area contributed by atoms with E-state index in [1.165, 1.54) is 11.8 Å². The van der Waals surface area contributed by atoms with Crippen LogP contribution in [0.5, 0.6) is 0 Å². The molecule has 13 heteroatoms. The van der Waals surface area contributed by atoms with Crippen LogP contribution in [0.3, 0.4) is 0 Å². The minimum atomic E-state index is -4.14. The van der Waals surface area contributed by atoms with Crippen molar-refractivity contribution in [3.63, 3.8) is 0 Å². The van der Waals surface area contributed by atoms with Gasteiger partial charge in [0, 0.05) is 29.9 Å². The molecule has 52 heavy (non-hydrogen) atoms. The molecule has 1 fully saturated rings. The summed E-state index contributed by atoms with van der Waals surface area (Å²) in [4.78, 5) is 78.8. The van der Waals surface area contributed by atoms with Gasteiger partial charge in [-0.3, -0.25) is 28.5 Å². The van der Waals surface area contributed by atoms with Crippen LogP contribution < -0.4 is 21.3 Å². The Balaban J connectivity index is 1.38. The van der Waals surface area contributed by atoms with E-state index >= 15 is 0 Å². The summed E-state index contributed by atoms with van der Waals surface area (Å²) < 4.78 is 13.5. The highest BCUT2D eigenvalue weighted by Crippen LogP contribution is 2.42. The van der Waals surface area contributed by atoms with Crippen molar-refractivity contribution in [1.82, 2.24) is 20.9 Å². The number of benzene rings is 3. The van der Waals surface area contributed by atoms with Crippen molar-refractivity contribution in [2.45, 2.75) is 71.0 Å². The van der Waals surface area contributed by atoms with E-state index in [9.17, 15) is 33.4 Å². The van der Waals surface area contributed by atoms with Gasteiger partial charge >= 0.3 is 0 Å². The highest BCUT2D eigenvalue weighted by molar-refractivity contribution is 7.58. The van der Waals surface area contributed by atoms with Crippen LogP contribution in [-0.2, 0) is 30.2 Å². The van der Waals surface area contributed by atoms with Gasteiger partial charge in [0.2, 0.25) is 31.0 Å². The number of carbonyl (C=O) groups is 5. The minimum Gasteiger partial charge on any atom is -0.345 e. The fourth-order valence-electron chi connectivity index (χ4n) is 6.20. The van der Waals surface area contributed by atoms with Crippen molar-refractivity contribution in [3.8, 4) is 0 Å². The highest BCUT2D eigenvalue weighted by atomic mass is 31.2. The smallest absolute Gasteiger partial charge is 0.254 e. The van der Waals surface area contributed by atoms with Crippen LogP contribution >= 0.6 is 7.37 Å². The number of hydrogen-bond acceptors (Lipinski definition) is 6. The Bertz CT molecular complexity index is 1710. The van der Waals surface area contributed by atoms with Crippen LogP contribution in [0.4, 0.5) is 5.69 Å². The van der Waals surface area contributed by atoms with Gasteiger partial charge in [0.1, 0.15) is 18.1 Å². The Morgan fingerprint density at radius 2 is 1.44 bits per heavy atom. The predicted octanol–water partition coefficient (Wildman–Crippen LogP) is 4.56. The van der Waals surface area contributed by atoms with Crippen molar-refractivity contribution in [2.24, 2.45) is 11.8 Å². The molecule has 0 radical (unpaired) electrons. The number of para-hydroxylation sites is 1. The lowest BCUT2D eigenvalue weighted by atomic mass is 9.98. The van der Waals surface area contributed by atoms with Crippen LogP contribution in [0.15, 0.2) is 91.0 Å². The lowest BCUT2D eigenvalue weighted by Gasteiger charge is -2.26. The van der Waals surface area contributed by atoms with Gasteiger partial charge in [-0.2, -0.15) is 0 Å². The average Bonchev–Trinajstić information content (AvgIpc) is 3.63. The number of nitrogens with zero attached hydrogens (tertiary/aromatic N) is 1. The predicted molar refractivity (Wildman–Crippen MR) is 201 cm³/mol. The van der Waals surface area contributed by atoms with Gasteiger partial charge in [-0.1, -0.05) is 80.6 Å². The summed E-state index contributed by atoms with van der Waals surface area (Å²) in [5, 5.41) is 10.8. The molecule has 0 saturated carbocycles. The largest absolute Gasteiger partial charge is 0.345 e. The fraction of sp³-hybridized carbons (Fsp3) is 0.410. The molecule has 3 aromatic carbocycles. The number of hydrogen-bond donors (Lipinski definition) is 5. The maximum atomic E-state index is 13.8. The topological polar surface area (TPSA) is 174 Å². The third kappa shape index (κ3) is 12.2. The SMILES string of the molecule is CC(C)C[C@H](NC(=O)C(CCc1ccccc1)CP(=O)(O)CNC(=O)[C@H](C)NC(=O)C1CCCN1C(=O)c1ccccc1)C(=O)Nc1ccccc1. The summed E-state index contributed by atoms with van der Waals surface area (Å²) >= 11 is 0. The zero-order valence-corrected chi connectivity index (χ0v) is 30.9. The van der Waals surface area contributed by atoms with E-state index in [4.69, 9.17) is 0 Å². The van der Waals surface area contributed by atoms with Gasteiger partial charge in [-0.15, -0.1) is 0 Å². The Labute approximate surface area is 305 Å². The molecule has 1 heterocycles. The zero-order chi connectivity index (χ0) is 37.7. The number of carbonyl (C=O) groups excluding carboxylic acids is 5. The van der Waals surface area contributed by atoms with Crippen molar-refractivity contribution < 1.29 is 33.4 Å². The van der Waals surface area contributed by atoms with E-state index in [-0.39, 0.29) is 18.2 Å². The fourth-order valence-corrected chi connectivity index (χ4v) is 7.77. The van der Waals surface area contributed by atoms with Gasteiger partial charge in [0.25, 0.3) is 5.91 Å². The minimum absolute atomic E-state index is 0.0670. The Morgan fingerprint density at radius 1 is 0.827 bits per heavy atom. The van der Waals surface area contributed by atoms with Gasteiger partial charge in [0.15, 0.2) is 0 Å². The summed E-state index contributed by atoms with van der Waals surface area (Å²) in [6, 6.07) is 24.3. The van der Waals surface area contributed by atoms with Crippen LogP contribution in [-0.4, -0.2) is 76.4 Å². The second-order valence-corrected chi connectivity index (χ2v) is 16.1. The first-order chi connectivity index (χ1) is 24.8. The first-order valence-corrected chi connectivity index (χ1v) is 19.8. The van der Waals surface area contributed by atoms with Gasteiger partial charge in [-0.25, -0.2) is 0 Å². The molecule has 5 amide bonds. The molecule has 1 aliphatic heterocycles. The third-order valence-corrected chi connectivity index (χ3v) is 10.6. The van der Waals surface area contributed by atoms with Crippen molar-refractivity contribution in [2.75, 3.05) is 24.3 Å². The number of rotatable bonds is 17. The second-order valence-electron chi connectivity index (χ2n) is 13.7. The number of anilines is 1. The molecule has 0 aliphatic carbocycles. The second kappa shape index (κ2) is 19.2. The first kappa shape index (κ1) is 40.0. The molecule has 0 spiro atoms. The normalized spacial score (nSPS) is 16.9. The molecule has 5 N–H and O–H groups in total.